The van der Waals surface area contributed by atoms with E-state index in [0.717, 1.165) is 39.0 Å². The lowest BCUT2D eigenvalue weighted by atomic mass is 9.96. The molecule has 0 saturated heterocycles. The van der Waals surface area contributed by atoms with Gasteiger partial charge in [0.2, 0.25) is 0 Å². The zero-order valence-corrected chi connectivity index (χ0v) is 14.7. The van der Waals surface area contributed by atoms with Crippen LogP contribution in [-0.2, 0) is 9.53 Å². The molecule has 0 aromatic carbocycles. The van der Waals surface area contributed by atoms with E-state index in [1.54, 1.807) is 13.8 Å². The molecule has 0 rings (SSSR count). The number of hydrogen-bond acceptors (Lipinski definition) is 5. The summed E-state index contributed by atoms with van der Waals surface area (Å²) < 4.78 is 5.00. The molecule has 0 heterocycles. The molecule has 1 unspecified atom stereocenters. The van der Waals surface area contributed by atoms with Crippen molar-refractivity contribution in [1.82, 2.24) is 9.80 Å². The van der Waals surface area contributed by atoms with Crippen molar-refractivity contribution in [3.63, 3.8) is 0 Å². The molecule has 0 amide bonds. The quantitative estimate of drug-likeness (QED) is 0.439. The van der Waals surface area contributed by atoms with Gasteiger partial charge in [-0.25, -0.2) is 0 Å². The number of carbonyl (C=O) groups is 1. The summed E-state index contributed by atoms with van der Waals surface area (Å²) in [6.07, 6.45) is 3.90. The first-order valence-corrected chi connectivity index (χ1v) is 8.16. The van der Waals surface area contributed by atoms with Crippen molar-refractivity contribution in [2.45, 2.75) is 52.0 Å². The Morgan fingerprint density at radius 3 is 2.24 bits per heavy atom. The number of esters is 1. The SMILES string of the molecule is CCOC(=O)C(C)(N)CCCCN(CC)CCCN(C)C. The van der Waals surface area contributed by atoms with Crippen LogP contribution >= 0.6 is 0 Å². The van der Waals surface area contributed by atoms with Crippen molar-refractivity contribution < 1.29 is 9.53 Å². The first-order chi connectivity index (χ1) is 9.83. The van der Waals surface area contributed by atoms with Crippen molar-refractivity contribution in [3.05, 3.63) is 0 Å². The maximum absolute atomic E-state index is 11.7. The second-order valence-corrected chi connectivity index (χ2v) is 6.19. The molecule has 21 heavy (non-hydrogen) atoms. The Bertz CT molecular complexity index is 281. The van der Waals surface area contributed by atoms with E-state index in [9.17, 15) is 4.79 Å². The molecule has 1 atom stereocenters. The van der Waals surface area contributed by atoms with Gasteiger partial charge in [-0.2, -0.15) is 0 Å². The Balaban J connectivity index is 3.87. The Kier molecular flexibility index (Phi) is 10.6. The standard InChI is InChI=1S/C16H35N3O2/c1-6-19(14-10-12-18(4)5)13-9-8-11-16(3,17)15(20)21-7-2/h6-14,17H2,1-5H3. The van der Waals surface area contributed by atoms with E-state index in [1.807, 2.05) is 0 Å². The number of carbonyl (C=O) groups excluding carboxylic acids is 1. The predicted molar refractivity (Wildman–Crippen MR) is 88.4 cm³/mol. The van der Waals surface area contributed by atoms with Gasteiger partial charge in [0.15, 0.2) is 0 Å². The highest BCUT2D eigenvalue weighted by atomic mass is 16.5. The summed E-state index contributed by atoms with van der Waals surface area (Å²) in [6.45, 7) is 10.6. The number of ether oxygens (including phenoxy) is 1. The van der Waals surface area contributed by atoms with Crippen molar-refractivity contribution in [1.29, 1.82) is 0 Å². The van der Waals surface area contributed by atoms with Gasteiger partial charge in [-0.3, -0.25) is 4.79 Å². The molecule has 126 valence electrons. The second-order valence-electron chi connectivity index (χ2n) is 6.19. The average Bonchev–Trinajstić information content (AvgIpc) is 2.41. The lowest BCUT2D eigenvalue weighted by Gasteiger charge is -2.24. The highest BCUT2D eigenvalue weighted by Crippen LogP contribution is 2.13. The summed E-state index contributed by atoms with van der Waals surface area (Å²) in [4.78, 5) is 16.4. The molecule has 0 fully saturated rings. The maximum atomic E-state index is 11.7. The van der Waals surface area contributed by atoms with Gasteiger partial charge in [0.05, 0.1) is 6.61 Å². The molecule has 0 spiro atoms. The van der Waals surface area contributed by atoms with E-state index in [1.165, 1.54) is 6.42 Å². The summed E-state index contributed by atoms with van der Waals surface area (Å²) in [7, 11) is 4.21. The molecule has 2 N–H and O–H groups in total. The predicted octanol–water partition coefficient (Wildman–Crippen LogP) is 1.71. The van der Waals surface area contributed by atoms with Gasteiger partial charge < -0.3 is 20.3 Å². The molecule has 0 radical (unpaired) electrons. The van der Waals surface area contributed by atoms with Crippen LogP contribution in [0.3, 0.4) is 0 Å². The van der Waals surface area contributed by atoms with Gasteiger partial charge in [0.25, 0.3) is 0 Å². The van der Waals surface area contributed by atoms with E-state index in [4.69, 9.17) is 10.5 Å². The van der Waals surface area contributed by atoms with Crippen molar-refractivity contribution in [2.75, 3.05) is 46.9 Å². The molecule has 0 aromatic heterocycles. The molecule has 5 nitrogen and oxygen atoms in total. The molecular weight excluding hydrogens is 266 g/mol. The zero-order valence-electron chi connectivity index (χ0n) is 14.7. The van der Waals surface area contributed by atoms with Gasteiger partial charge in [-0.1, -0.05) is 6.92 Å². The van der Waals surface area contributed by atoms with E-state index < -0.39 is 5.54 Å². The summed E-state index contributed by atoms with van der Waals surface area (Å²) in [5.41, 5.74) is 5.17. The minimum absolute atomic E-state index is 0.289. The minimum atomic E-state index is -0.849. The first-order valence-electron chi connectivity index (χ1n) is 8.16. The summed E-state index contributed by atoms with van der Waals surface area (Å²) >= 11 is 0. The van der Waals surface area contributed by atoms with Crippen molar-refractivity contribution >= 4 is 5.97 Å². The summed E-state index contributed by atoms with van der Waals surface area (Å²) in [6, 6.07) is 0. The Labute approximate surface area is 130 Å². The third kappa shape index (κ3) is 9.82. The highest BCUT2D eigenvalue weighted by Gasteiger charge is 2.29. The molecule has 5 heteroatoms. The smallest absolute Gasteiger partial charge is 0.325 e. The minimum Gasteiger partial charge on any atom is -0.465 e. The fourth-order valence-electron chi connectivity index (χ4n) is 2.26. The van der Waals surface area contributed by atoms with Crippen LogP contribution < -0.4 is 5.73 Å². The Morgan fingerprint density at radius 2 is 1.71 bits per heavy atom. The van der Waals surface area contributed by atoms with Crippen LogP contribution in [0.5, 0.6) is 0 Å². The van der Waals surface area contributed by atoms with Crippen molar-refractivity contribution in [3.8, 4) is 0 Å². The second kappa shape index (κ2) is 11.0. The Hall–Kier alpha value is -0.650. The van der Waals surface area contributed by atoms with Crippen LogP contribution in [0.15, 0.2) is 0 Å². The van der Waals surface area contributed by atoms with Crippen molar-refractivity contribution in [2.24, 2.45) is 5.73 Å². The number of rotatable bonds is 12. The van der Waals surface area contributed by atoms with Crippen LogP contribution in [0.4, 0.5) is 0 Å². The topological polar surface area (TPSA) is 58.8 Å². The van der Waals surface area contributed by atoms with E-state index >= 15 is 0 Å². The average molecular weight is 301 g/mol. The fraction of sp³-hybridized carbons (Fsp3) is 0.938. The number of nitrogens with two attached hydrogens (primary N) is 1. The van der Waals surface area contributed by atoms with Gasteiger partial charge in [-0.15, -0.1) is 0 Å². The molecule has 0 bridgehead atoms. The first kappa shape index (κ1) is 20.3. The van der Waals surface area contributed by atoms with Crippen LogP contribution in [0.2, 0.25) is 0 Å². The number of nitrogens with zero attached hydrogens (tertiary/aromatic N) is 2. The third-order valence-corrected chi connectivity index (χ3v) is 3.69. The summed E-state index contributed by atoms with van der Waals surface area (Å²) in [5, 5.41) is 0. The monoisotopic (exact) mass is 301 g/mol. The van der Waals surface area contributed by atoms with Crippen LogP contribution in [-0.4, -0.2) is 68.2 Å². The Morgan fingerprint density at radius 1 is 1.10 bits per heavy atom. The van der Waals surface area contributed by atoms with E-state index in [-0.39, 0.29) is 5.97 Å². The highest BCUT2D eigenvalue weighted by molar-refractivity contribution is 5.79. The van der Waals surface area contributed by atoms with Gasteiger partial charge in [0.1, 0.15) is 5.54 Å². The van der Waals surface area contributed by atoms with Crippen LogP contribution in [0, 0.1) is 0 Å². The van der Waals surface area contributed by atoms with Gasteiger partial charge in [-0.05, 0) is 79.8 Å². The molecule has 0 aliphatic heterocycles. The van der Waals surface area contributed by atoms with Crippen LogP contribution in [0.25, 0.3) is 0 Å². The van der Waals surface area contributed by atoms with E-state index in [0.29, 0.717) is 13.0 Å². The zero-order chi connectivity index (χ0) is 16.3. The lowest BCUT2D eigenvalue weighted by Crippen LogP contribution is -2.46. The summed E-state index contributed by atoms with van der Waals surface area (Å²) in [5.74, 6) is -0.289. The lowest BCUT2D eigenvalue weighted by molar-refractivity contribution is -0.149. The normalized spacial score (nSPS) is 14.5. The molecule has 0 aliphatic carbocycles. The largest absolute Gasteiger partial charge is 0.465 e. The third-order valence-electron chi connectivity index (χ3n) is 3.69. The number of unbranched alkanes of at least 4 members (excludes halogenated alkanes) is 1. The van der Waals surface area contributed by atoms with Gasteiger partial charge >= 0.3 is 5.97 Å². The molecule has 0 aliphatic rings. The van der Waals surface area contributed by atoms with Crippen LogP contribution in [0.1, 0.15) is 46.5 Å². The van der Waals surface area contributed by atoms with Gasteiger partial charge in [0, 0.05) is 0 Å². The maximum Gasteiger partial charge on any atom is 0.325 e. The molecular formula is C16H35N3O2. The van der Waals surface area contributed by atoms with E-state index in [2.05, 4.69) is 30.8 Å². The number of hydrogen-bond donors (Lipinski definition) is 1. The molecule has 0 aromatic rings. The fourth-order valence-corrected chi connectivity index (χ4v) is 2.26. The molecule has 0 saturated carbocycles.